The van der Waals surface area contributed by atoms with Gasteiger partial charge in [-0.1, -0.05) is 0 Å². The summed E-state index contributed by atoms with van der Waals surface area (Å²) in [5.74, 6) is 0. The molecule has 5 heteroatoms. The molecule has 5 nitrogen and oxygen atoms in total. The van der Waals surface area contributed by atoms with Crippen LogP contribution in [0.2, 0.25) is 0 Å². The van der Waals surface area contributed by atoms with E-state index in [2.05, 4.69) is 12.2 Å². The third kappa shape index (κ3) is 4.09. The summed E-state index contributed by atoms with van der Waals surface area (Å²) in [6, 6.07) is 0.415. The van der Waals surface area contributed by atoms with Crippen LogP contribution in [0.3, 0.4) is 0 Å². The fraction of sp³-hybridized carbons (Fsp3) is 0.933. The summed E-state index contributed by atoms with van der Waals surface area (Å²) in [7, 11) is 0. The van der Waals surface area contributed by atoms with Gasteiger partial charge in [0.05, 0.1) is 12.2 Å². The van der Waals surface area contributed by atoms with E-state index in [1.165, 1.54) is 0 Å². The van der Waals surface area contributed by atoms with E-state index in [0.717, 1.165) is 45.5 Å². The maximum Gasteiger partial charge on any atom is 0.410 e. The quantitative estimate of drug-likeness (QED) is 0.740. The number of carbonyl (C=O) groups is 1. The molecule has 0 aromatic heterocycles. The summed E-state index contributed by atoms with van der Waals surface area (Å²) in [4.78, 5) is 13.9. The predicted octanol–water partition coefficient (Wildman–Crippen LogP) is 2.15. The number of hydrogen-bond acceptors (Lipinski definition) is 4. The van der Waals surface area contributed by atoms with Crippen LogP contribution < -0.4 is 5.32 Å². The zero-order chi connectivity index (χ0) is 14.8. The minimum absolute atomic E-state index is 0.0454. The summed E-state index contributed by atoms with van der Waals surface area (Å²) in [5, 5.41) is 3.45. The topological polar surface area (TPSA) is 50.8 Å². The number of ether oxygens (including phenoxy) is 2. The minimum Gasteiger partial charge on any atom is -0.444 e. The molecule has 1 atom stereocenters. The third-order valence-corrected chi connectivity index (χ3v) is 4.04. The van der Waals surface area contributed by atoms with Crippen LogP contribution in [0.5, 0.6) is 0 Å². The van der Waals surface area contributed by atoms with Gasteiger partial charge < -0.3 is 19.7 Å². The van der Waals surface area contributed by atoms with Crippen molar-refractivity contribution in [1.29, 1.82) is 0 Å². The second-order valence-corrected chi connectivity index (χ2v) is 7.07. The lowest BCUT2D eigenvalue weighted by atomic mass is 9.88. The van der Waals surface area contributed by atoms with Crippen molar-refractivity contribution in [3.05, 3.63) is 0 Å². The maximum absolute atomic E-state index is 12.1. The Hall–Kier alpha value is -0.810. The van der Waals surface area contributed by atoms with Gasteiger partial charge in [0, 0.05) is 19.1 Å². The molecule has 116 valence electrons. The molecule has 0 aliphatic carbocycles. The van der Waals surface area contributed by atoms with E-state index in [1.54, 1.807) is 0 Å². The first-order valence-electron chi connectivity index (χ1n) is 7.65. The molecule has 2 heterocycles. The SMILES string of the molecule is C[C@H]1COC2(CCN1)CCN(C(=O)OC(C)(C)C)CC2. The van der Waals surface area contributed by atoms with Crippen molar-refractivity contribution in [2.75, 3.05) is 26.2 Å². The standard InChI is InChI=1S/C15H28N2O3/c1-12-11-19-15(5-8-16-12)6-9-17(10-7-15)13(18)20-14(2,3)4/h12,16H,5-11H2,1-4H3/t12-/m0/s1. The van der Waals surface area contributed by atoms with Crippen molar-refractivity contribution in [3.8, 4) is 0 Å². The van der Waals surface area contributed by atoms with E-state index in [9.17, 15) is 4.79 Å². The number of likely N-dealkylation sites (tertiary alicyclic amines) is 1. The number of rotatable bonds is 0. The fourth-order valence-corrected chi connectivity index (χ4v) is 2.80. The first-order chi connectivity index (χ1) is 9.30. The molecule has 0 bridgehead atoms. The van der Waals surface area contributed by atoms with E-state index in [4.69, 9.17) is 9.47 Å². The monoisotopic (exact) mass is 284 g/mol. The zero-order valence-electron chi connectivity index (χ0n) is 13.2. The number of hydrogen-bond donors (Lipinski definition) is 1. The Morgan fingerprint density at radius 3 is 2.55 bits per heavy atom. The smallest absolute Gasteiger partial charge is 0.410 e. The molecule has 2 rings (SSSR count). The molecule has 2 saturated heterocycles. The molecule has 2 fully saturated rings. The molecule has 1 spiro atoms. The molecule has 0 aromatic rings. The first-order valence-corrected chi connectivity index (χ1v) is 7.65. The zero-order valence-corrected chi connectivity index (χ0v) is 13.2. The van der Waals surface area contributed by atoms with Crippen LogP contribution in [0.25, 0.3) is 0 Å². The van der Waals surface area contributed by atoms with Crippen molar-refractivity contribution < 1.29 is 14.3 Å². The molecule has 2 aliphatic rings. The molecule has 2 aliphatic heterocycles. The fourth-order valence-electron chi connectivity index (χ4n) is 2.80. The summed E-state index contributed by atoms with van der Waals surface area (Å²) in [5.41, 5.74) is -0.472. The number of piperidine rings is 1. The molecular weight excluding hydrogens is 256 g/mol. The molecule has 1 amide bonds. The predicted molar refractivity (Wildman–Crippen MR) is 77.8 cm³/mol. The highest BCUT2D eigenvalue weighted by Gasteiger charge is 2.38. The first kappa shape index (κ1) is 15.6. The summed E-state index contributed by atoms with van der Waals surface area (Å²) in [6.07, 6.45) is 2.63. The van der Waals surface area contributed by atoms with Gasteiger partial charge in [-0.2, -0.15) is 0 Å². The Morgan fingerprint density at radius 2 is 1.95 bits per heavy atom. The van der Waals surface area contributed by atoms with Crippen molar-refractivity contribution in [2.24, 2.45) is 0 Å². The number of nitrogens with one attached hydrogen (secondary N) is 1. The van der Waals surface area contributed by atoms with Gasteiger partial charge in [-0.3, -0.25) is 0 Å². The van der Waals surface area contributed by atoms with Gasteiger partial charge in [0.2, 0.25) is 0 Å². The van der Waals surface area contributed by atoms with Crippen LogP contribution in [-0.2, 0) is 9.47 Å². The van der Waals surface area contributed by atoms with Crippen molar-refractivity contribution in [2.45, 2.75) is 64.2 Å². The van der Waals surface area contributed by atoms with Crippen molar-refractivity contribution in [1.82, 2.24) is 10.2 Å². The number of amides is 1. The summed E-state index contributed by atoms with van der Waals surface area (Å²) >= 11 is 0. The second kappa shape index (κ2) is 5.90. The van der Waals surface area contributed by atoms with E-state index in [-0.39, 0.29) is 11.7 Å². The average Bonchev–Trinajstić information content (AvgIpc) is 2.51. The molecular formula is C15H28N2O3. The Bertz CT molecular complexity index is 344. The lowest BCUT2D eigenvalue weighted by Gasteiger charge is -2.41. The van der Waals surface area contributed by atoms with Gasteiger partial charge in [0.1, 0.15) is 5.60 Å². The lowest BCUT2D eigenvalue weighted by molar-refractivity contribution is -0.0829. The van der Waals surface area contributed by atoms with E-state index in [1.807, 2.05) is 25.7 Å². The average molecular weight is 284 g/mol. The number of nitrogens with zero attached hydrogens (tertiary/aromatic N) is 1. The van der Waals surface area contributed by atoms with Gasteiger partial charge in [0.15, 0.2) is 0 Å². The Balaban J connectivity index is 1.87. The van der Waals surface area contributed by atoms with Gasteiger partial charge in [-0.05, 0) is 53.5 Å². The molecule has 0 aromatic carbocycles. The van der Waals surface area contributed by atoms with Gasteiger partial charge in [-0.25, -0.2) is 4.79 Å². The second-order valence-electron chi connectivity index (χ2n) is 7.07. The molecule has 1 N–H and O–H groups in total. The maximum atomic E-state index is 12.1. The molecule has 20 heavy (non-hydrogen) atoms. The highest BCUT2D eigenvalue weighted by Crippen LogP contribution is 2.31. The van der Waals surface area contributed by atoms with Crippen LogP contribution >= 0.6 is 0 Å². The van der Waals surface area contributed by atoms with Crippen LogP contribution in [-0.4, -0.2) is 54.5 Å². The van der Waals surface area contributed by atoms with Crippen molar-refractivity contribution in [3.63, 3.8) is 0 Å². The summed E-state index contributed by atoms with van der Waals surface area (Å²) < 4.78 is 11.6. The van der Waals surface area contributed by atoms with Gasteiger partial charge in [0.25, 0.3) is 0 Å². The summed E-state index contributed by atoms with van der Waals surface area (Å²) in [6.45, 7) is 11.1. The van der Waals surface area contributed by atoms with Gasteiger partial charge in [-0.15, -0.1) is 0 Å². The number of carbonyl (C=O) groups excluding carboxylic acids is 1. The van der Waals surface area contributed by atoms with E-state index >= 15 is 0 Å². The minimum atomic E-state index is -0.426. The van der Waals surface area contributed by atoms with E-state index < -0.39 is 5.60 Å². The van der Waals surface area contributed by atoms with Crippen molar-refractivity contribution >= 4 is 6.09 Å². The van der Waals surface area contributed by atoms with Crippen LogP contribution in [0, 0.1) is 0 Å². The molecule has 0 unspecified atom stereocenters. The van der Waals surface area contributed by atoms with Crippen LogP contribution in [0.15, 0.2) is 0 Å². The van der Waals surface area contributed by atoms with Crippen LogP contribution in [0.1, 0.15) is 47.0 Å². The van der Waals surface area contributed by atoms with E-state index in [0.29, 0.717) is 6.04 Å². The highest BCUT2D eigenvalue weighted by molar-refractivity contribution is 5.68. The normalized spacial score (nSPS) is 27.2. The molecule has 0 radical (unpaired) electrons. The Morgan fingerprint density at radius 1 is 1.30 bits per heavy atom. The highest BCUT2D eigenvalue weighted by atomic mass is 16.6. The van der Waals surface area contributed by atoms with Crippen LogP contribution in [0.4, 0.5) is 4.79 Å². The Kier molecular flexibility index (Phi) is 4.59. The lowest BCUT2D eigenvalue weighted by Crippen LogP contribution is -2.49. The largest absolute Gasteiger partial charge is 0.444 e. The van der Waals surface area contributed by atoms with Gasteiger partial charge >= 0.3 is 6.09 Å². The third-order valence-electron chi connectivity index (χ3n) is 4.04. The Labute approximate surface area is 122 Å². The molecule has 0 saturated carbocycles.